The minimum Gasteiger partial charge on any atom is -0.421 e. The van der Waals surface area contributed by atoms with Crippen LogP contribution in [0, 0.1) is 18.3 Å². The number of carbonyl (C=O) groups excluding carboxylic acids is 1. The monoisotopic (exact) mass is 308 g/mol. The van der Waals surface area contributed by atoms with Gasteiger partial charge in [0.1, 0.15) is 5.54 Å². The van der Waals surface area contributed by atoms with Gasteiger partial charge in [-0.05, 0) is 29.7 Å². The molecule has 1 amide bonds. The summed E-state index contributed by atoms with van der Waals surface area (Å²) in [5.74, 6) is -1.19. The van der Waals surface area contributed by atoms with Crippen LogP contribution < -0.4 is 51.4 Å². The molecule has 3 atom stereocenters. The molecule has 0 aromatic heterocycles. The van der Waals surface area contributed by atoms with E-state index in [1.165, 1.54) is 6.92 Å². The molecular weight excluding hydrogens is 291 g/mol. The summed E-state index contributed by atoms with van der Waals surface area (Å²) in [6.07, 6.45) is 3.56. The molecule has 3 rings (SSSR count). The Hall–Kier alpha value is -0.304. The third kappa shape index (κ3) is 2.31. The Morgan fingerprint density at radius 1 is 1.43 bits per heavy atom. The van der Waals surface area contributed by atoms with Gasteiger partial charge in [-0.15, -0.1) is 0 Å². The first-order valence-corrected chi connectivity index (χ1v) is 6.55. The summed E-state index contributed by atoms with van der Waals surface area (Å²) in [5.41, 5.74) is -0.230. The van der Waals surface area contributed by atoms with E-state index in [9.17, 15) is 9.90 Å². The van der Waals surface area contributed by atoms with Crippen LogP contribution in [0.5, 0.6) is 0 Å². The molecule has 2 aliphatic rings. The summed E-state index contributed by atoms with van der Waals surface area (Å²) in [6.45, 7) is 6.96. The molecule has 2 N–H and O–H groups in total. The van der Waals surface area contributed by atoms with Gasteiger partial charge in [-0.1, -0.05) is 31.2 Å². The Morgan fingerprint density at radius 2 is 2.05 bits per heavy atom. The summed E-state index contributed by atoms with van der Waals surface area (Å²) in [7, 11) is 0. The maximum atomic E-state index is 12.5. The Balaban J connectivity index is 0.00000161. The number of nitrogens with zero attached hydrogens (tertiary/aromatic N) is 1. The zero-order chi connectivity index (χ0) is 14.7. The fraction of sp³-hybridized carbons (Fsp3) is 0.312. The van der Waals surface area contributed by atoms with Gasteiger partial charge in [0, 0.05) is 6.20 Å². The number of rotatable bonds is 1. The standard InChI is InChI=1S/C16H17N2O2.K/c1-15(2,20)12-13(17)16(3)11-7-5-4-6-10(11)8-9-18(16)14(12)19;/h4-9,12,17,20H,1H2,2-3H3;/q-1;+1. The molecule has 104 valence electrons. The van der Waals surface area contributed by atoms with E-state index in [2.05, 4.69) is 6.92 Å². The molecular formula is C16H17KN2O2. The zero-order valence-corrected chi connectivity index (χ0v) is 15.7. The van der Waals surface area contributed by atoms with Crippen molar-refractivity contribution < 1.29 is 61.3 Å². The molecule has 5 heteroatoms. The van der Waals surface area contributed by atoms with Crippen molar-refractivity contribution in [2.24, 2.45) is 5.92 Å². The first-order valence-electron chi connectivity index (χ1n) is 6.55. The van der Waals surface area contributed by atoms with E-state index < -0.39 is 17.1 Å². The van der Waals surface area contributed by atoms with Gasteiger partial charge < -0.3 is 22.3 Å². The smallest absolute Gasteiger partial charge is 0.421 e. The molecule has 2 aliphatic heterocycles. The molecule has 21 heavy (non-hydrogen) atoms. The zero-order valence-electron chi connectivity index (χ0n) is 12.6. The topological polar surface area (TPSA) is 64.4 Å². The fourth-order valence-electron chi connectivity index (χ4n) is 3.21. The molecule has 1 aromatic rings. The van der Waals surface area contributed by atoms with Gasteiger partial charge in [0.05, 0.1) is 11.6 Å². The molecule has 1 fully saturated rings. The molecule has 0 spiro atoms. The average molecular weight is 308 g/mol. The van der Waals surface area contributed by atoms with Gasteiger partial charge in [-0.2, -0.15) is 0 Å². The molecule has 0 bridgehead atoms. The molecule has 3 unspecified atom stereocenters. The fourth-order valence-corrected chi connectivity index (χ4v) is 3.21. The molecule has 0 aliphatic carbocycles. The van der Waals surface area contributed by atoms with Crippen molar-refractivity contribution in [2.45, 2.75) is 25.0 Å². The van der Waals surface area contributed by atoms with E-state index in [-0.39, 0.29) is 63.0 Å². The molecule has 0 saturated carbocycles. The summed E-state index contributed by atoms with van der Waals surface area (Å²) in [6, 6.07) is 7.71. The number of nitrogens with one attached hydrogen (secondary N) is 1. The molecule has 4 nitrogen and oxygen atoms in total. The third-order valence-electron chi connectivity index (χ3n) is 4.29. The first kappa shape index (κ1) is 17.1. The third-order valence-corrected chi connectivity index (χ3v) is 4.29. The first-order chi connectivity index (χ1) is 9.28. The normalized spacial score (nSPS) is 29.5. The number of amides is 1. The summed E-state index contributed by atoms with van der Waals surface area (Å²) in [5, 5.41) is 18.6. The van der Waals surface area contributed by atoms with Gasteiger partial charge >= 0.3 is 51.4 Å². The van der Waals surface area contributed by atoms with Crippen LogP contribution in [0.4, 0.5) is 0 Å². The maximum Gasteiger partial charge on any atom is 1.00 e. The van der Waals surface area contributed by atoms with Gasteiger partial charge in [-0.25, -0.2) is 0 Å². The Bertz CT molecular complexity index is 648. The second-order valence-corrected chi connectivity index (χ2v) is 5.89. The molecule has 2 heterocycles. The SMILES string of the molecule is [CH2-]C(C)(O)C1C(=N)C2(C)c3ccccc3C=CN2C1=O.[K+]. The second kappa shape index (κ2) is 5.40. The van der Waals surface area contributed by atoms with Crippen molar-refractivity contribution in [3.63, 3.8) is 0 Å². The van der Waals surface area contributed by atoms with Crippen molar-refractivity contribution in [2.75, 3.05) is 0 Å². The largest absolute Gasteiger partial charge is 1.00 e. The minimum atomic E-state index is -1.49. The van der Waals surface area contributed by atoms with Crippen LogP contribution in [0.2, 0.25) is 0 Å². The van der Waals surface area contributed by atoms with E-state index in [0.717, 1.165) is 11.1 Å². The number of aliphatic hydroxyl groups is 1. The second-order valence-electron chi connectivity index (χ2n) is 5.89. The van der Waals surface area contributed by atoms with Crippen molar-refractivity contribution in [3.8, 4) is 0 Å². The van der Waals surface area contributed by atoms with E-state index in [1.54, 1.807) is 11.1 Å². The van der Waals surface area contributed by atoms with Crippen LogP contribution in [0.15, 0.2) is 30.5 Å². The van der Waals surface area contributed by atoms with E-state index >= 15 is 0 Å². The number of hydrogen-bond acceptors (Lipinski definition) is 3. The van der Waals surface area contributed by atoms with Crippen molar-refractivity contribution in [1.29, 1.82) is 5.41 Å². The number of fused-ring (bicyclic) bond motifs is 3. The van der Waals surface area contributed by atoms with E-state index in [4.69, 9.17) is 5.41 Å². The summed E-state index contributed by atoms with van der Waals surface area (Å²) < 4.78 is 0. The molecule has 1 saturated heterocycles. The Morgan fingerprint density at radius 3 is 2.67 bits per heavy atom. The predicted octanol–water partition coefficient (Wildman–Crippen LogP) is -1.05. The summed E-state index contributed by atoms with van der Waals surface area (Å²) in [4.78, 5) is 14.1. The van der Waals surface area contributed by atoms with Crippen LogP contribution >= 0.6 is 0 Å². The van der Waals surface area contributed by atoms with Crippen LogP contribution in [0.1, 0.15) is 25.0 Å². The van der Waals surface area contributed by atoms with Crippen LogP contribution in [-0.2, 0) is 10.3 Å². The van der Waals surface area contributed by atoms with Crippen LogP contribution in [0.3, 0.4) is 0 Å². The van der Waals surface area contributed by atoms with Gasteiger partial charge in [-0.3, -0.25) is 4.79 Å². The minimum absolute atomic E-state index is 0. The van der Waals surface area contributed by atoms with Crippen molar-refractivity contribution in [3.05, 3.63) is 48.5 Å². The van der Waals surface area contributed by atoms with Crippen LogP contribution in [-0.4, -0.2) is 27.2 Å². The average Bonchev–Trinajstić information content (AvgIpc) is 2.57. The summed E-state index contributed by atoms with van der Waals surface area (Å²) >= 11 is 0. The van der Waals surface area contributed by atoms with E-state index in [1.807, 2.05) is 37.3 Å². The van der Waals surface area contributed by atoms with Crippen molar-refractivity contribution in [1.82, 2.24) is 4.90 Å². The number of benzene rings is 1. The van der Waals surface area contributed by atoms with E-state index in [0.29, 0.717) is 0 Å². The maximum absolute atomic E-state index is 12.5. The van der Waals surface area contributed by atoms with Gasteiger partial charge in [0.15, 0.2) is 0 Å². The molecule has 1 aromatic carbocycles. The Kier molecular flexibility index (Phi) is 4.39. The van der Waals surface area contributed by atoms with Crippen molar-refractivity contribution >= 4 is 17.7 Å². The number of carbonyl (C=O) groups is 1. The van der Waals surface area contributed by atoms with Gasteiger partial charge in [0.2, 0.25) is 5.91 Å². The predicted molar refractivity (Wildman–Crippen MR) is 76.9 cm³/mol. The Labute approximate surface area is 167 Å². The number of hydrogen-bond donors (Lipinski definition) is 2. The van der Waals surface area contributed by atoms with Crippen LogP contribution in [0.25, 0.3) is 6.08 Å². The van der Waals surface area contributed by atoms with Gasteiger partial charge in [0.25, 0.3) is 0 Å². The molecule has 0 radical (unpaired) electrons. The quantitative estimate of drug-likeness (QED) is 0.514.